The number of hydrogen-bond acceptors (Lipinski definition) is 4. The molecule has 0 saturated carbocycles. The number of hydrogen-bond donors (Lipinski definition) is 1. The number of pyridine rings is 1. The van der Waals surface area contributed by atoms with Gasteiger partial charge in [-0.25, -0.2) is 4.79 Å². The minimum atomic E-state index is -0.328. The van der Waals surface area contributed by atoms with E-state index in [0.29, 0.717) is 5.03 Å². The fourth-order valence-electron chi connectivity index (χ4n) is 1.67. The minimum Gasteiger partial charge on any atom is -0.305 e. The Morgan fingerprint density at radius 1 is 1.00 bits per heavy atom. The molecular weight excluding hydrogens is 317 g/mol. The zero-order chi connectivity index (χ0) is 12.4. The minimum absolute atomic E-state index is 0. The van der Waals surface area contributed by atoms with E-state index in [1.54, 1.807) is 12.4 Å². The molecule has 3 rings (SSSR count). The van der Waals surface area contributed by atoms with E-state index >= 15 is 0 Å². The highest BCUT2D eigenvalue weighted by Gasteiger charge is 2.06. The van der Waals surface area contributed by atoms with Gasteiger partial charge in [0.2, 0.25) is 0 Å². The van der Waals surface area contributed by atoms with Crippen LogP contribution in [0.15, 0.2) is 63.5 Å². The number of H-pyrrole nitrogens is 1. The summed E-state index contributed by atoms with van der Waals surface area (Å²) in [6.07, 6.45) is 3.44. The summed E-state index contributed by atoms with van der Waals surface area (Å²) in [6.45, 7) is 0. The van der Waals surface area contributed by atoms with E-state index in [-0.39, 0.29) is 30.5 Å². The molecule has 20 heavy (non-hydrogen) atoms. The molecule has 104 valence electrons. The third kappa shape index (κ3) is 3.50. The SMILES string of the molecule is Cl.Cl.O=c1nc(Sc2ccncc2)c2ccccc2[nH]1. The predicted molar refractivity (Wildman–Crippen MR) is 85.2 cm³/mol. The van der Waals surface area contributed by atoms with E-state index in [1.807, 2.05) is 36.4 Å². The van der Waals surface area contributed by atoms with Gasteiger partial charge in [0.25, 0.3) is 0 Å². The Balaban J connectivity index is 0.000001000. The van der Waals surface area contributed by atoms with E-state index < -0.39 is 0 Å². The molecule has 0 aliphatic rings. The fraction of sp³-hybridized carbons (Fsp3) is 0. The summed E-state index contributed by atoms with van der Waals surface area (Å²) in [6, 6.07) is 11.4. The number of nitrogens with one attached hydrogen (secondary N) is 1. The van der Waals surface area contributed by atoms with Gasteiger partial charge in [-0.3, -0.25) is 4.98 Å². The van der Waals surface area contributed by atoms with Gasteiger partial charge in [0.15, 0.2) is 0 Å². The predicted octanol–water partition coefficient (Wildman–Crippen LogP) is 3.31. The molecule has 7 heteroatoms. The molecule has 0 spiro atoms. The van der Waals surface area contributed by atoms with Crippen molar-refractivity contribution in [2.75, 3.05) is 0 Å². The van der Waals surface area contributed by atoms with Gasteiger partial charge < -0.3 is 4.98 Å². The van der Waals surface area contributed by atoms with Crippen molar-refractivity contribution in [2.45, 2.75) is 9.92 Å². The van der Waals surface area contributed by atoms with Crippen molar-refractivity contribution in [1.29, 1.82) is 0 Å². The summed E-state index contributed by atoms with van der Waals surface area (Å²) < 4.78 is 0. The van der Waals surface area contributed by atoms with Crippen LogP contribution in [0.1, 0.15) is 0 Å². The lowest BCUT2D eigenvalue weighted by Crippen LogP contribution is -2.10. The fourth-order valence-corrected chi connectivity index (χ4v) is 2.57. The molecule has 0 unspecified atom stereocenters. The Hall–Kier alpha value is -1.56. The highest BCUT2D eigenvalue weighted by atomic mass is 35.5. The Bertz CT molecular complexity index is 749. The van der Waals surface area contributed by atoms with Gasteiger partial charge in [-0.1, -0.05) is 30.0 Å². The lowest BCUT2D eigenvalue weighted by atomic mass is 10.2. The monoisotopic (exact) mass is 327 g/mol. The molecule has 0 bridgehead atoms. The normalized spacial score (nSPS) is 9.60. The summed E-state index contributed by atoms with van der Waals surface area (Å²) >= 11 is 1.46. The molecule has 1 aromatic carbocycles. The van der Waals surface area contributed by atoms with E-state index in [1.165, 1.54) is 11.8 Å². The molecule has 2 heterocycles. The van der Waals surface area contributed by atoms with E-state index in [0.717, 1.165) is 15.8 Å². The smallest absolute Gasteiger partial charge is 0.305 e. The average molecular weight is 328 g/mol. The van der Waals surface area contributed by atoms with Crippen molar-refractivity contribution in [2.24, 2.45) is 0 Å². The van der Waals surface area contributed by atoms with Crippen molar-refractivity contribution >= 4 is 47.5 Å². The number of aromatic amines is 1. The van der Waals surface area contributed by atoms with Crippen LogP contribution in [-0.4, -0.2) is 15.0 Å². The van der Waals surface area contributed by atoms with Gasteiger partial charge in [-0.2, -0.15) is 4.98 Å². The van der Waals surface area contributed by atoms with Crippen LogP contribution >= 0.6 is 36.6 Å². The summed E-state index contributed by atoms with van der Waals surface area (Å²) in [5.74, 6) is 0. The number of fused-ring (bicyclic) bond motifs is 1. The number of aromatic nitrogens is 3. The van der Waals surface area contributed by atoms with Crippen LogP contribution in [0.3, 0.4) is 0 Å². The number of halogens is 2. The first kappa shape index (κ1) is 16.5. The number of benzene rings is 1. The van der Waals surface area contributed by atoms with Crippen LogP contribution < -0.4 is 5.69 Å². The van der Waals surface area contributed by atoms with Gasteiger partial charge in [-0.15, -0.1) is 24.8 Å². The first-order chi connectivity index (χ1) is 8.83. The largest absolute Gasteiger partial charge is 0.346 e. The lowest BCUT2D eigenvalue weighted by Gasteiger charge is -2.04. The molecule has 0 atom stereocenters. The number of rotatable bonds is 2. The third-order valence-corrected chi connectivity index (χ3v) is 3.48. The highest BCUT2D eigenvalue weighted by Crippen LogP contribution is 2.29. The average Bonchev–Trinajstić information content (AvgIpc) is 2.40. The van der Waals surface area contributed by atoms with Gasteiger partial charge in [0.05, 0.1) is 5.52 Å². The highest BCUT2D eigenvalue weighted by molar-refractivity contribution is 7.99. The Morgan fingerprint density at radius 2 is 1.70 bits per heavy atom. The van der Waals surface area contributed by atoms with Crippen molar-refractivity contribution in [3.8, 4) is 0 Å². The molecule has 0 aliphatic heterocycles. The molecule has 0 saturated heterocycles. The van der Waals surface area contributed by atoms with Crippen LogP contribution in [0.5, 0.6) is 0 Å². The van der Waals surface area contributed by atoms with Crippen molar-refractivity contribution in [3.05, 3.63) is 59.3 Å². The van der Waals surface area contributed by atoms with Crippen LogP contribution in [0.4, 0.5) is 0 Å². The molecule has 0 amide bonds. The summed E-state index contributed by atoms with van der Waals surface area (Å²) in [5.41, 5.74) is 0.472. The zero-order valence-corrected chi connectivity index (χ0v) is 12.6. The zero-order valence-electron chi connectivity index (χ0n) is 10.1. The second-order valence-electron chi connectivity index (χ2n) is 3.68. The summed E-state index contributed by atoms with van der Waals surface area (Å²) in [4.78, 5) is 23.2. The molecule has 1 N–H and O–H groups in total. The van der Waals surface area contributed by atoms with Crippen LogP contribution in [-0.2, 0) is 0 Å². The third-order valence-electron chi connectivity index (χ3n) is 2.47. The lowest BCUT2D eigenvalue weighted by molar-refractivity contribution is 1.02. The molecule has 2 aromatic heterocycles. The Kier molecular flexibility index (Phi) is 6.01. The molecular formula is C13H11Cl2N3OS. The van der Waals surface area contributed by atoms with E-state index in [9.17, 15) is 4.79 Å². The molecule has 0 fully saturated rings. The van der Waals surface area contributed by atoms with E-state index in [4.69, 9.17) is 0 Å². The van der Waals surface area contributed by atoms with Crippen LogP contribution in [0, 0.1) is 0 Å². The van der Waals surface area contributed by atoms with Crippen molar-refractivity contribution in [1.82, 2.24) is 15.0 Å². The Labute approximate surface area is 131 Å². The first-order valence-electron chi connectivity index (χ1n) is 5.40. The van der Waals surface area contributed by atoms with Gasteiger partial charge in [-0.05, 0) is 18.2 Å². The standard InChI is InChI=1S/C13H9N3OS.2ClH/c17-13-15-11-4-2-1-3-10(11)12(16-13)18-9-5-7-14-8-6-9;;/h1-8H,(H,15,16,17);2*1H. The van der Waals surface area contributed by atoms with Crippen molar-refractivity contribution < 1.29 is 0 Å². The molecule has 0 aliphatic carbocycles. The van der Waals surface area contributed by atoms with E-state index in [2.05, 4.69) is 15.0 Å². The molecule has 3 aromatic rings. The maximum Gasteiger partial charge on any atom is 0.346 e. The second-order valence-corrected chi connectivity index (χ2v) is 4.74. The second kappa shape index (κ2) is 7.28. The Morgan fingerprint density at radius 3 is 2.45 bits per heavy atom. The van der Waals surface area contributed by atoms with Crippen LogP contribution in [0.25, 0.3) is 10.9 Å². The van der Waals surface area contributed by atoms with Crippen molar-refractivity contribution in [3.63, 3.8) is 0 Å². The maximum absolute atomic E-state index is 11.5. The molecule has 0 radical (unpaired) electrons. The van der Waals surface area contributed by atoms with Gasteiger partial charge in [0.1, 0.15) is 5.03 Å². The number of para-hydroxylation sites is 1. The quantitative estimate of drug-likeness (QED) is 0.733. The molecule has 4 nitrogen and oxygen atoms in total. The van der Waals surface area contributed by atoms with Crippen LogP contribution in [0.2, 0.25) is 0 Å². The maximum atomic E-state index is 11.5. The summed E-state index contributed by atoms with van der Waals surface area (Å²) in [7, 11) is 0. The van der Waals surface area contributed by atoms with Gasteiger partial charge >= 0.3 is 5.69 Å². The first-order valence-corrected chi connectivity index (χ1v) is 6.21. The topological polar surface area (TPSA) is 58.6 Å². The summed E-state index contributed by atoms with van der Waals surface area (Å²) in [5, 5.41) is 1.65. The van der Waals surface area contributed by atoms with Gasteiger partial charge in [0, 0.05) is 22.7 Å². The number of nitrogens with zero attached hydrogens (tertiary/aromatic N) is 2.